The third kappa shape index (κ3) is 4.45. The molecule has 0 fully saturated rings. The summed E-state index contributed by atoms with van der Waals surface area (Å²) in [5, 5.41) is 3.01. The Labute approximate surface area is 176 Å². The van der Waals surface area contributed by atoms with Gasteiger partial charge in [0, 0.05) is 5.69 Å². The third-order valence-electron chi connectivity index (χ3n) is 4.94. The van der Waals surface area contributed by atoms with Gasteiger partial charge in [0.2, 0.25) is 0 Å². The standard InChI is InChI=1S/C23H28N4O3/c1-6-17(21-24-12-18(26-21)16-10-8-7-9-11-16)27-22(28)20-14(4)19(15(5)25-20)23(29)30-13(2)3/h7-13,17,25H,6H2,1-5H3,(H,24,26)(H,27,28). The number of benzene rings is 1. The quantitative estimate of drug-likeness (QED) is 0.502. The molecule has 0 aliphatic rings. The lowest BCUT2D eigenvalue weighted by molar-refractivity contribution is 0.0376. The van der Waals surface area contributed by atoms with Gasteiger partial charge < -0.3 is 20.0 Å². The van der Waals surface area contributed by atoms with E-state index in [2.05, 4.69) is 20.3 Å². The van der Waals surface area contributed by atoms with Crippen molar-refractivity contribution in [2.24, 2.45) is 0 Å². The molecule has 0 saturated carbocycles. The van der Waals surface area contributed by atoms with Gasteiger partial charge in [0.05, 0.1) is 29.6 Å². The molecule has 3 aromatic rings. The molecule has 3 rings (SSSR count). The predicted octanol–water partition coefficient (Wildman–Crippen LogP) is 4.47. The Kier molecular flexibility index (Phi) is 6.40. The lowest BCUT2D eigenvalue weighted by Gasteiger charge is -2.15. The SMILES string of the molecule is CCC(NC(=O)c1[nH]c(C)c(C(=O)OC(C)C)c1C)c1ncc(-c2ccccc2)[nH]1. The minimum absolute atomic E-state index is 0.231. The van der Waals surface area contributed by atoms with E-state index >= 15 is 0 Å². The van der Waals surface area contributed by atoms with Crippen LogP contribution < -0.4 is 5.32 Å². The second-order valence-corrected chi connectivity index (χ2v) is 7.56. The van der Waals surface area contributed by atoms with Gasteiger partial charge in [0.25, 0.3) is 5.91 Å². The van der Waals surface area contributed by atoms with Crippen LogP contribution in [0.4, 0.5) is 0 Å². The van der Waals surface area contributed by atoms with Gasteiger partial charge in [-0.15, -0.1) is 0 Å². The molecule has 1 atom stereocenters. The van der Waals surface area contributed by atoms with E-state index in [9.17, 15) is 9.59 Å². The minimum atomic E-state index is -0.430. The van der Waals surface area contributed by atoms with E-state index in [1.165, 1.54) is 0 Å². The topological polar surface area (TPSA) is 99.9 Å². The number of imidazole rings is 1. The summed E-state index contributed by atoms with van der Waals surface area (Å²) in [6.07, 6.45) is 2.20. The van der Waals surface area contributed by atoms with E-state index in [-0.39, 0.29) is 18.1 Å². The summed E-state index contributed by atoms with van der Waals surface area (Å²) < 4.78 is 5.30. The molecule has 7 heteroatoms. The molecule has 3 N–H and O–H groups in total. The molecule has 1 unspecified atom stereocenters. The molecule has 0 aliphatic carbocycles. The molecule has 1 aromatic carbocycles. The number of esters is 1. The molecule has 0 radical (unpaired) electrons. The summed E-state index contributed by atoms with van der Waals surface area (Å²) >= 11 is 0. The van der Waals surface area contributed by atoms with Crippen LogP contribution >= 0.6 is 0 Å². The molecular weight excluding hydrogens is 380 g/mol. The molecule has 2 aromatic heterocycles. The van der Waals surface area contributed by atoms with Crippen LogP contribution in [0.25, 0.3) is 11.3 Å². The molecule has 0 spiro atoms. The third-order valence-corrected chi connectivity index (χ3v) is 4.94. The number of nitrogens with zero attached hydrogens (tertiary/aromatic N) is 1. The number of hydrogen-bond acceptors (Lipinski definition) is 4. The van der Waals surface area contributed by atoms with Crippen LogP contribution in [-0.4, -0.2) is 32.9 Å². The number of aromatic amines is 2. The number of aromatic nitrogens is 3. The smallest absolute Gasteiger partial charge is 0.340 e. The molecule has 1 amide bonds. The number of nitrogens with one attached hydrogen (secondary N) is 3. The van der Waals surface area contributed by atoms with Crippen molar-refractivity contribution in [3.63, 3.8) is 0 Å². The maximum Gasteiger partial charge on any atom is 0.340 e. The molecule has 30 heavy (non-hydrogen) atoms. The van der Waals surface area contributed by atoms with E-state index in [0.29, 0.717) is 34.8 Å². The molecule has 158 valence electrons. The molecule has 0 bridgehead atoms. The lowest BCUT2D eigenvalue weighted by atomic mass is 10.1. The van der Waals surface area contributed by atoms with E-state index < -0.39 is 5.97 Å². The number of ether oxygens (including phenoxy) is 1. The first-order valence-electron chi connectivity index (χ1n) is 10.1. The second-order valence-electron chi connectivity index (χ2n) is 7.56. The van der Waals surface area contributed by atoms with Crippen LogP contribution in [0, 0.1) is 13.8 Å². The van der Waals surface area contributed by atoms with Crippen molar-refractivity contribution >= 4 is 11.9 Å². The number of H-pyrrole nitrogens is 2. The van der Waals surface area contributed by atoms with Crippen LogP contribution in [0.2, 0.25) is 0 Å². The average Bonchev–Trinajstić information content (AvgIpc) is 3.31. The van der Waals surface area contributed by atoms with Gasteiger partial charge in [-0.1, -0.05) is 37.3 Å². The Balaban J connectivity index is 1.79. The summed E-state index contributed by atoms with van der Waals surface area (Å²) in [7, 11) is 0. The molecular formula is C23H28N4O3. The van der Waals surface area contributed by atoms with Crippen molar-refractivity contribution in [3.8, 4) is 11.3 Å². The molecule has 2 heterocycles. The Morgan fingerprint density at radius 2 is 1.83 bits per heavy atom. The normalized spacial score (nSPS) is 12.1. The van der Waals surface area contributed by atoms with E-state index in [1.54, 1.807) is 33.9 Å². The van der Waals surface area contributed by atoms with Crippen molar-refractivity contribution in [2.75, 3.05) is 0 Å². The Morgan fingerprint density at radius 1 is 1.13 bits per heavy atom. The van der Waals surface area contributed by atoms with Crippen molar-refractivity contribution in [1.29, 1.82) is 0 Å². The summed E-state index contributed by atoms with van der Waals surface area (Å²) in [5.74, 6) is -0.0327. The minimum Gasteiger partial charge on any atom is -0.459 e. The van der Waals surface area contributed by atoms with E-state index in [4.69, 9.17) is 4.74 Å². The number of rotatable bonds is 7. The van der Waals surface area contributed by atoms with Gasteiger partial charge in [-0.05, 0) is 45.2 Å². The maximum absolute atomic E-state index is 13.0. The second kappa shape index (κ2) is 8.98. The zero-order valence-electron chi connectivity index (χ0n) is 18.0. The highest BCUT2D eigenvalue weighted by Gasteiger charge is 2.25. The van der Waals surface area contributed by atoms with Crippen LogP contribution in [-0.2, 0) is 4.74 Å². The molecule has 0 aliphatic heterocycles. The highest BCUT2D eigenvalue weighted by atomic mass is 16.5. The summed E-state index contributed by atoms with van der Waals surface area (Å²) in [6.45, 7) is 9.07. The number of aryl methyl sites for hydroxylation is 1. The van der Waals surface area contributed by atoms with Crippen LogP contribution in [0.15, 0.2) is 36.5 Å². The van der Waals surface area contributed by atoms with Crippen molar-refractivity contribution in [2.45, 2.75) is 53.2 Å². The first-order valence-corrected chi connectivity index (χ1v) is 10.1. The number of carbonyl (C=O) groups excluding carboxylic acids is 2. The van der Waals surface area contributed by atoms with Gasteiger partial charge >= 0.3 is 5.97 Å². The first kappa shape index (κ1) is 21.4. The van der Waals surface area contributed by atoms with Crippen LogP contribution in [0.5, 0.6) is 0 Å². The van der Waals surface area contributed by atoms with Gasteiger partial charge in [-0.3, -0.25) is 4.79 Å². The maximum atomic E-state index is 13.0. The van der Waals surface area contributed by atoms with Crippen molar-refractivity contribution in [3.05, 3.63) is 64.9 Å². The van der Waals surface area contributed by atoms with Gasteiger partial charge in [-0.25, -0.2) is 9.78 Å². The summed E-state index contributed by atoms with van der Waals surface area (Å²) in [6, 6.07) is 9.60. The fourth-order valence-electron chi connectivity index (χ4n) is 3.43. The fraction of sp³-hybridized carbons (Fsp3) is 0.348. The zero-order chi connectivity index (χ0) is 21.8. The monoisotopic (exact) mass is 408 g/mol. The van der Waals surface area contributed by atoms with Crippen LogP contribution in [0.1, 0.15) is 71.2 Å². The number of amides is 1. The Hall–Kier alpha value is -3.35. The number of carbonyl (C=O) groups is 2. The highest BCUT2D eigenvalue weighted by molar-refractivity contribution is 6.00. The predicted molar refractivity (Wildman–Crippen MR) is 115 cm³/mol. The number of hydrogen-bond donors (Lipinski definition) is 3. The Morgan fingerprint density at radius 3 is 2.47 bits per heavy atom. The van der Waals surface area contributed by atoms with Crippen LogP contribution in [0.3, 0.4) is 0 Å². The highest BCUT2D eigenvalue weighted by Crippen LogP contribution is 2.23. The first-order chi connectivity index (χ1) is 14.3. The lowest BCUT2D eigenvalue weighted by Crippen LogP contribution is -2.29. The van der Waals surface area contributed by atoms with Crippen molar-refractivity contribution < 1.29 is 14.3 Å². The fourth-order valence-corrected chi connectivity index (χ4v) is 3.43. The van der Waals surface area contributed by atoms with Crippen molar-refractivity contribution in [1.82, 2.24) is 20.3 Å². The van der Waals surface area contributed by atoms with Gasteiger partial charge in [0.1, 0.15) is 11.5 Å². The largest absolute Gasteiger partial charge is 0.459 e. The average molecular weight is 409 g/mol. The van der Waals surface area contributed by atoms with Gasteiger partial charge in [-0.2, -0.15) is 0 Å². The summed E-state index contributed by atoms with van der Waals surface area (Å²) in [5.41, 5.74) is 3.88. The van der Waals surface area contributed by atoms with Gasteiger partial charge in [0.15, 0.2) is 0 Å². The molecule has 0 saturated heterocycles. The molecule has 7 nitrogen and oxygen atoms in total. The summed E-state index contributed by atoms with van der Waals surface area (Å²) in [4.78, 5) is 36.1. The Bertz CT molecular complexity index is 1030. The zero-order valence-corrected chi connectivity index (χ0v) is 18.0. The van der Waals surface area contributed by atoms with E-state index in [1.807, 2.05) is 37.3 Å². The van der Waals surface area contributed by atoms with E-state index in [0.717, 1.165) is 11.3 Å².